The van der Waals surface area contributed by atoms with E-state index in [2.05, 4.69) is 58.6 Å². The average Bonchev–Trinajstić information content (AvgIpc) is 3.03. The van der Waals surface area contributed by atoms with Crippen molar-refractivity contribution in [1.82, 2.24) is 15.1 Å². The molecule has 0 aliphatic carbocycles. The fourth-order valence-electron chi connectivity index (χ4n) is 2.47. The highest BCUT2D eigenvalue weighted by Crippen LogP contribution is 2.30. The molecule has 2 rings (SSSR count). The summed E-state index contributed by atoms with van der Waals surface area (Å²) in [5.41, 5.74) is 3.42. The molecule has 3 nitrogen and oxygen atoms in total. The minimum atomic E-state index is 0.266. The Balaban J connectivity index is 2.30. The fourth-order valence-corrected chi connectivity index (χ4v) is 4.04. The zero-order chi connectivity index (χ0) is 15.4. The van der Waals surface area contributed by atoms with Crippen molar-refractivity contribution in [2.75, 3.05) is 6.54 Å². The molecule has 0 saturated carbocycles. The maximum Gasteiger partial charge on any atom is 0.0850 e. The van der Waals surface area contributed by atoms with Gasteiger partial charge in [0.1, 0.15) is 0 Å². The second-order valence-electron chi connectivity index (χ2n) is 4.88. The molecular formula is C15H21BrClN3S. The number of aryl methyl sites for hydroxylation is 2. The summed E-state index contributed by atoms with van der Waals surface area (Å²) in [6.45, 7) is 8.11. The van der Waals surface area contributed by atoms with Crippen LogP contribution >= 0.6 is 38.9 Å². The van der Waals surface area contributed by atoms with Crippen LogP contribution in [0.4, 0.5) is 0 Å². The van der Waals surface area contributed by atoms with Crippen LogP contribution < -0.4 is 5.32 Å². The van der Waals surface area contributed by atoms with Gasteiger partial charge in [-0.05, 0) is 52.8 Å². The standard InChI is InChI=1S/C15H21BrClN3S/c1-4-11-15(17)13(20(6-3)19-11)8-12(18-5-2)10-7-14(16)21-9-10/h7,9,12,18H,4-6,8H2,1-3H3. The predicted molar refractivity (Wildman–Crippen MR) is 94.4 cm³/mol. The van der Waals surface area contributed by atoms with E-state index < -0.39 is 0 Å². The third-order valence-electron chi connectivity index (χ3n) is 3.53. The zero-order valence-electron chi connectivity index (χ0n) is 12.6. The van der Waals surface area contributed by atoms with Crippen LogP contribution in [0.5, 0.6) is 0 Å². The second-order valence-corrected chi connectivity index (χ2v) is 7.54. The number of hydrogen-bond acceptors (Lipinski definition) is 3. The third-order valence-corrected chi connectivity index (χ3v) is 5.49. The second kappa shape index (κ2) is 7.77. The van der Waals surface area contributed by atoms with Crippen LogP contribution in [-0.2, 0) is 19.4 Å². The molecule has 0 bridgehead atoms. The van der Waals surface area contributed by atoms with Crippen molar-refractivity contribution in [3.8, 4) is 0 Å². The van der Waals surface area contributed by atoms with Crippen molar-refractivity contribution >= 4 is 38.9 Å². The zero-order valence-corrected chi connectivity index (χ0v) is 15.8. The number of thiophene rings is 1. The van der Waals surface area contributed by atoms with Gasteiger partial charge < -0.3 is 5.32 Å². The van der Waals surface area contributed by atoms with Crippen LogP contribution in [-0.4, -0.2) is 16.3 Å². The van der Waals surface area contributed by atoms with Crippen molar-refractivity contribution in [2.24, 2.45) is 0 Å². The summed E-state index contributed by atoms with van der Waals surface area (Å²) in [7, 11) is 0. The largest absolute Gasteiger partial charge is 0.310 e. The number of halogens is 2. The summed E-state index contributed by atoms with van der Waals surface area (Å²) < 4.78 is 3.19. The molecule has 0 aromatic carbocycles. The smallest absolute Gasteiger partial charge is 0.0850 e. The maximum atomic E-state index is 6.53. The van der Waals surface area contributed by atoms with E-state index >= 15 is 0 Å². The van der Waals surface area contributed by atoms with Crippen molar-refractivity contribution in [3.63, 3.8) is 0 Å². The molecule has 0 spiro atoms. The lowest BCUT2D eigenvalue weighted by atomic mass is 10.0. The maximum absolute atomic E-state index is 6.53. The van der Waals surface area contributed by atoms with E-state index in [1.54, 1.807) is 11.3 Å². The lowest BCUT2D eigenvalue weighted by Crippen LogP contribution is -2.23. The molecule has 1 atom stereocenters. The van der Waals surface area contributed by atoms with Gasteiger partial charge in [0.05, 0.1) is 20.2 Å². The van der Waals surface area contributed by atoms with Gasteiger partial charge in [-0.1, -0.05) is 25.4 Å². The molecule has 0 amide bonds. The van der Waals surface area contributed by atoms with Crippen LogP contribution in [0, 0.1) is 0 Å². The molecule has 2 heterocycles. The van der Waals surface area contributed by atoms with E-state index in [0.717, 1.165) is 46.1 Å². The highest BCUT2D eigenvalue weighted by molar-refractivity contribution is 9.11. The summed E-state index contributed by atoms with van der Waals surface area (Å²) in [5.74, 6) is 0. The first-order chi connectivity index (χ1) is 10.1. The van der Waals surface area contributed by atoms with Crippen LogP contribution in [0.25, 0.3) is 0 Å². The number of rotatable bonds is 7. The van der Waals surface area contributed by atoms with E-state index in [4.69, 9.17) is 11.6 Å². The summed E-state index contributed by atoms with van der Waals surface area (Å²) >= 11 is 11.8. The van der Waals surface area contributed by atoms with Crippen molar-refractivity contribution in [1.29, 1.82) is 0 Å². The van der Waals surface area contributed by atoms with Gasteiger partial charge in [0.15, 0.2) is 0 Å². The molecule has 116 valence electrons. The molecule has 0 radical (unpaired) electrons. The first-order valence-electron chi connectivity index (χ1n) is 7.31. The van der Waals surface area contributed by atoms with E-state index in [0.29, 0.717) is 0 Å². The van der Waals surface area contributed by atoms with Crippen molar-refractivity contribution in [2.45, 2.75) is 46.2 Å². The Labute approximate surface area is 143 Å². The van der Waals surface area contributed by atoms with Gasteiger partial charge in [0, 0.05) is 19.0 Å². The highest BCUT2D eigenvalue weighted by atomic mass is 79.9. The van der Waals surface area contributed by atoms with Crippen LogP contribution in [0.15, 0.2) is 15.2 Å². The van der Waals surface area contributed by atoms with Crippen LogP contribution in [0.1, 0.15) is 43.8 Å². The number of aromatic nitrogens is 2. The van der Waals surface area contributed by atoms with Gasteiger partial charge >= 0.3 is 0 Å². The van der Waals surface area contributed by atoms with E-state index in [1.807, 2.05) is 4.68 Å². The Bertz CT molecular complexity index is 594. The number of nitrogens with one attached hydrogen (secondary N) is 1. The minimum absolute atomic E-state index is 0.266. The summed E-state index contributed by atoms with van der Waals surface area (Å²) in [4.78, 5) is 0. The molecule has 2 aromatic heterocycles. The first kappa shape index (κ1) is 17.0. The van der Waals surface area contributed by atoms with Crippen molar-refractivity contribution < 1.29 is 0 Å². The quantitative estimate of drug-likeness (QED) is 0.733. The van der Waals surface area contributed by atoms with Gasteiger partial charge in [-0.3, -0.25) is 4.68 Å². The summed E-state index contributed by atoms with van der Waals surface area (Å²) in [5, 5.41) is 11.2. The molecule has 21 heavy (non-hydrogen) atoms. The molecule has 1 unspecified atom stereocenters. The lowest BCUT2D eigenvalue weighted by Gasteiger charge is -2.17. The van der Waals surface area contributed by atoms with Crippen molar-refractivity contribution in [3.05, 3.63) is 37.2 Å². The average molecular weight is 391 g/mol. The Hall–Kier alpha value is -0.360. The summed E-state index contributed by atoms with van der Waals surface area (Å²) in [6.07, 6.45) is 1.73. The molecule has 0 aliphatic heterocycles. The summed E-state index contributed by atoms with van der Waals surface area (Å²) in [6, 6.07) is 2.45. The highest BCUT2D eigenvalue weighted by Gasteiger charge is 2.20. The SMILES string of the molecule is CCNC(Cc1c(Cl)c(CC)nn1CC)c1csc(Br)c1. The lowest BCUT2D eigenvalue weighted by molar-refractivity contribution is 0.517. The van der Waals surface area contributed by atoms with Crippen LogP contribution in [0.3, 0.4) is 0 Å². The Morgan fingerprint density at radius 1 is 1.43 bits per heavy atom. The van der Waals surface area contributed by atoms with Gasteiger partial charge in [0.2, 0.25) is 0 Å². The molecule has 2 aromatic rings. The van der Waals surface area contributed by atoms with Gasteiger partial charge in [-0.15, -0.1) is 11.3 Å². The Morgan fingerprint density at radius 2 is 2.19 bits per heavy atom. The van der Waals surface area contributed by atoms with E-state index in [9.17, 15) is 0 Å². The normalized spacial score (nSPS) is 12.8. The molecule has 0 fully saturated rings. The molecule has 6 heteroatoms. The Kier molecular flexibility index (Phi) is 6.29. The van der Waals surface area contributed by atoms with Crippen LogP contribution in [0.2, 0.25) is 5.02 Å². The minimum Gasteiger partial charge on any atom is -0.310 e. The third kappa shape index (κ3) is 3.89. The molecule has 1 N–H and O–H groups in total. The Morgan fingerprint density at radius 3 is 2.71 bits per heavy atom. The van der Waals surface area contributed by atoms with Gasteiger partial charge in [0.25, 0.3) is 0 Å². The molecule has 0 aliphatic rings. The monoisotopic (exact) mass is 389 g/mol. The number of nitrogens with zero attached hydrogens (tertiary/aromatic N) is 2. The van der Waals surface area contributed by atoms with Gasteiger partial charge in [-0.2, -0.15) is 5.10 Å². The predicted octanol–water partition coefficient (Wildman–Crippen LogP) is 4.84. The topological polar surface area (TPSA) is 29.9 Å². The van der Waals surface area contributed by atoms with E-state index in [-0.39, 0.29) is 6.04 Å². The number of likely N-dealkylation sites (N-methyl/N-ethyl adjacent to an activating group) is 1. The number of hydrogen-bond donors (Lipinski definition) is 1. The molecular weight excluding hydrogens is 370 g/mol. The van der Waals surface area contributed by atoms with Gasteiger partial charge in [-0.25, -0.2) is 0 Å². The fraction of sp³-hybridized carbons (Fsp3) is 0.533. The molecule has 0 saturated heterocycles. The van der Waals surface area contributed by atoms with E-state index in [1.165, 1.54) is 5.56 Å². The first-order valence-corrected chi connectivity index (χ1v) is 9.37.